The van der Waals surface area contributed by atoms with E-state index in [1.807, 2.05) is 0 Å². The Morgan fingerprint density at radius 3 is 1.28 bits per heavy atom. The Kier molecular flexibility index (Phi) is 11.8. The first kappa shape index (κ1) is 19.3. The molecule has 0 fully saturated rings. The van der Waals surface area contributed by atoms with Crippen molar-refractivity contribution in [3.63, 3.8) is 0 Å². The molecule has 0 aliphatic carbocycles. The van der Waals surface area contributed by atoms with Crippen molar-refractivity contribution in [2.45, 2.75) is 0 Å². The summed E-state index contributed by atoms with van der Waals surface area (Å²) < 4.78 is 21.5. The van der Waals surface area contributed by atoms with Crippen LogP contribution in [0.1, 0.15) is 0 Å². The number of rotatable bonds is 11. The van der Waals surface area contributed by atoms with Crippen LogP contribution < -0.4 is 0 Å². The van der Waals surface area contributed by atoms with E-state index in [1.165, 1.54) is 7.11 Å². The van der Waals surface area contributed by atoms with Crippen LogP contribution in [0.3, 0.4) is 0 Å². The Balaban J connectivity index is 5.03. The van der Waals surface area contributed by atoms with Crippen molar-refractivity contribution in [2.24, 2.45) is 0 Å². The third kappa shape index (κ3) is 5.72. The van der Waals surface area contributed by atoms with Crippen LogP contribution >= 0.6 is 54.1 Å². The monoisotopic (exact) mass is 358 g/mol. The number of nitrogens with zero attached hydrogens (tertiary/aromatic N) is 2. The van der Waals surface area contributed by atoms with Crippen molar-refractivity contribution in [3.05, 3.63) is 0 Å². The van der Waals surface area contributed by atoms with Crippen molar-refractivity contribution >= 4 is 54.1 Å². The maximum Gasteiger partial charge on any atom is 0.345 e. The van der Waals surface area contributed by atoms with Gasteiger partial charge in [0.25, 0.3) is 0 Å². The summed E-state index contributed by atoms with van der Waals surface area (Å²) in [6.07, 6.45) is 0. The average molecular weight is 360 g/mol. The van der Waals surface area contributed by atoms with Gasteiger partial charge in [0.15, 0.2) is 0 Å². The normalized spacial score (nSPS) is 12.6. The highest BCUT2D eigenvalue weighted by atomic mass is 35.5. The standard InChI is InChI=1S/C9H19Cl4N2O2P/c1-17-18(16,14(6-2-10)7-3-11)15(8-4-12)9-5-13/h2-9H2,1H3. The van der Waals surface area contributed by atoms with Gasteiger partial charge in [-0.15, -0.1) is 46.4 Å². The molecule has 0 saturated carbocycles. The zero-order valence-electron chi connectivity index (χ0n) is 10.3. The van der Waals surface area contributed by atoms with E-state index < -0.39 is 7.67 Å². The Bertz CT molecular complexity index is 229. The van der Waals surface area contributed by atoms with Gasteiger partial charge in [-0.2, -0.15) is 0 Å². The highest BCUT2D eigenvalue weighted by Crippen LogP contribution is 2.53. The van der Waals surface area contributed by atoms with Crippen molar-refractivity contribution in [3.8, 4) is 0 Å². The quantitative estimate of drug-likeness (QED) is 0.418. The molecule has 0 aliphatic rings. The Morgan fingerprint density at radius 1 is 0.833 bits per heavy atom. The molecular weight excluding hydrogens is 341 g/mol. The van der Waals surface area contributed by atoms with Crippen LogP contribution in [0.25, 0.3) is 0 Å². The van der Waals surface area contributed by atoms with Crippen LogP contribution in [0.15, 0.2) is 0 Å². The molecule has 9 heteroatoms. The van der Waals surface area contributed by atoms with Gasteiger partial charge in [0.1, 0.15) is 0 Å². The molecular formula is C9H19Cl4N2O2P. The summed E-state index contributed by atoms with van der Waals surface area (Å²) in [6, 6.07) is 0. The van der Waals surface area contributed by atoms with Crippen LogP contribution in [0.5, 0.6) is 0 Å². The molecule has 0 N–H and O–H groups in total. The fourth-order valence-electron chi connectivity index (χ4n) is 1.53. The second-order valence-electron chi connectivity index (χ2n) is 3.34. The van der Waals surface area contributed by atoms with Gasteiger partial charge in [-0.25, -0.2) is 9.34 Å². The van der Waals surface area contributed by atoms with Crippen LogP contribution in [-0.2, 0) is 9.09 Å². The fourth-order valence-corrected chi connectivity index (χ4v) is 5.05. The number of halogens is 4. The number of alkyl halides is 4. The molecule has 0 aromatic carbocycles. The van der Waals surface area contributed by atoms with Crippen molar-refractivity contribution in [1.82, 2.24) is 9.34 Å². The van der Waals surface area contributed by atoms with Crippen LogP contribution in [0.2, 0.25) is 0 Å². The Labute approximate surface area is 129 Å². The fraction of sp³-hybridized carbons (Fsp3) is 1.00. The zero-order valence-corrected chi connectivity index (χ0v) is 14.2. The summed E-state index contributed by atoms with van der Waals surface area (Å²) in [7, 11) is -1.75. The molecule has 0 heterocycles. The summed E-state index contributed by atoms with van der Waals surface area (Å²) in [5.41, 5.74) is 0. The Hall–Kier alpha value is 1.27. The smallest absolute Gasteiger partial charge is 0.309 e. The van der Waals surface area contributed by atoms with Gasteiger partial charge in [-0.3, -0.25) is 4.57 Å². The highest BCUT2D eigenvalue weighted by molar-refractivity contribution is 7.53. The van der Waals surface area contributed by atoms with Crippen LogP contribution in [0.4, 0.5) is 0 Å². The lowest BCUT2D eigenvalue weighted by Crippen LogP contribution is -2.37. The topological polar surface area (TPSA) is 32.8 Å². The molecule has 18 heavy (non-hydrogen) atoms. The predicted molar refractivity (Wildman–Crippen MR) is 80.6 cm³/mol. The molecule has 0 atom stereocenters. The summed E-state index contributed by atoms with van der Waals surface area (Å²) in [5.74, 6) is 1.39. The van der Waals surface area contributed by atoms with Gasteiger partial charge < -0.3 is 4.52 Å². The van der Waals surface area contributed by atoms with Crippen molar-refractivity contribution in [1.29, 1.82) is 0 Å². The molecule has 0 aromatic rings. The van der Waals surface area contributed by atoms with Crippen molar-refractivity contribution in [2.75, 3.05) is 56.8 Å². The molecule has 0 aromatic heterocycles. The molecule has 110 valence electrons. The predicted octanol–water partition coefficient (Wildman–Crippen LogP) is 3.30. The van der Waals surface area contributed by atoms with Gasteiger partial charge in [0.2, 0.25) is 0 Å². The summed E-state index contributed by atoms with van der Waals surface area (Å²) in [4.78, 5) is 0. The van der Waals surface area contributed by atoms with E-state index in [0.717, 1.165) is 0 Å². The van der Waals surface area contributed by atoms with Gasteiger partial charge in [-0.05, 0) is 0 Å². The van der Waals surface area contributed by atoms with Gasteiger partial charge in [-0.1, -0.05) is 0 Å². The minimum absolute atomic E-state index is 0.347. The van der Waals surface area contributed by atoms with E-state index >= 15 is 0 Å². The largest absolute Gasteiger partial charge is 0.345 e. The number of hydrogen-bond donors (Lipinski definition) is 0. The lowest BCUT2D eigenvalue weighted by Gasteiger charge is -2.36. The minimum Gasteiger partial charge on any atom is -0.309 e. The second kappa shape index (κ2) is 11.0. The molecule has 0 radical (unpaired) electrons. The molecule has 0 spiro atoms. The molecule has 4 nitrogen and oxygen atoms in total. The van der Waals surface area contributed by atoms with Crippen molar-refractivity contribution < 1.29 is 9.09 Å². The first-order valence-corrected chi connectivity index (χ1v) is 9.18. The lowest BCUT2D eigenvalue weighted by molar-refractivity contribution is 0.253. The maximum atomic E-state index is 12.9. The van der Waals surface area contributed by atoms with E-state index in [4.69, 9.17) is 50.9 Å². The molecule has 0 unspecified atom stereocenters. The first-order chi connectivity index (χ1) is 8.60. The summed E-state index contributed by atoms with van der Waals surface area (Å²) in [6.45, 7) is 1.72. The van der Waals surface area contributed by atoms with E-state index in [0.29, 0.717) is 49.7 Å². The zero-order chi connectivity index (χ0) is 14.0. The molecule has 0 rings (SSSR count). The molecule has 0 saturated heterocycles. The molecule has 0 aliphatic heterocycles. The van der Waals surface area contributed by atoms with Gasteiger partial charge in [0, 0.05) is 56.8 Å². The van der Waals surface area contributed by atoms with E-state index in [2.05, 4.69) is 0 Å². The second-order valence-corrected chi connectivity index (χ2v) is 7.33. The van der Waals surface area contributed by atoms with Gasteiger partial charge >= 0.3 is 7.67 Å². The maximum absolute atomic E-state index is 12.9. The van der Waals surface area contributed by atoms with E-state index in [-0.39, 0.29) is 0 Å². The third-order valence-electron chi connectivity index (χ3n) is 2.32. The Morgan fingerprint density at radius 2 is 1.11 bits per heavy atom. The van der Waals surface area contributed by atoms with Gasteiger partial charge in [0.05, 0.1) is 0 Å². The summed E-state index contributed by atoms with van der Waals surface area (Å²) >= 11 is 22.9. The average Bonchev–Trinajstić information content (AvgIpc) is 2.37. The minimum atomic E-state index is -3.16. The van der Waals surface area contributed by atoms with Crippen LogP contribution in [-0.4, -0.2) is 66.1 Å². The highest BCUT2D eigenvalue weighted by Gasteiger charge is 2.36. The van der Waals surface area contributed by atoms with E-state index in [1.54, 1.807) is 9.34 Å². The molecule has 0 bridgehead atoms. The lowest BCUT2D eigenvalue weighted by atomic mass is 10.6. The van der Waals surface area contributed by atoms with E-state index in [9.17, 15) is 4.57 Å². The summed E-state index contributed by atoms with van der Waals surface area (Å²) in [5, 5.41) is 0. The number of hydrogen-bond acceptors (Lipinski definition) is 2. The first-order valence-electron chi connectivity index (χ1n) is 5.51. The third-order valence-corrected chi connectivity index (χ3v) is 5.70. The van der Waals surface area contributed by atoms with Crippen LogP contribution in [0, 0.1) is 0 Å². The molecule has 0 amide bonds. The SMILES string of the molecule is COP(=O)(N(CCCl)CCCl)N(CCCl)CCCl.